The van der Waals surface area contributed by atoms with Crippen molar-refractivity contribution in [3.05, 3.63) is 58.5 Å². The van der Waals surface area contributed by atoms with Gasteiger partial charge in [0, 0.05) is 18.5 Å². The zero-order chi connectivity index (χ0) is 17.3. The summed E-state index contributed by atoms with van der Waals surface area (Å²) in [6.45, 7) is 2.04. The highest BCUT2D eigenvalue weighted by atomic mass is 35.5. The summed E-state index contributed by atoms with van der Waals surface area (Å²) in [6.07, 6.45) is 3.78. The Morgan fingerprint density at radius 2 is 2.12 bits per heavy atom. The molecule has 0 aliphatic heterocycles. The highest BCUT2D eigenvalue weighted by molar-refractivity contribution is 6.33. The van der Waals surface area contributed by atoms with Gasteiger partial charge in [-0.2, -0.15) is 0 Å². The molecule has 0 amide bonds. The van der Waals surface area contributed by atoms with E-state index in [2.05, 4.69) is 4.98 Å². The number of nitrogens with zero attached hydrogens (tertiary/aromatic N) is 2. The van der Waals surface area contributed by atoms with Gasteiger partial charge in [-0.05, 0) is 24.6 Å². The van der Waals surface area contributed by atoms with Crippen LogP contribution in [0.5, 0.6) is 5.75 Å². The maximum Gasteiger partial charge on any atom is 0.342 e. The van der Waals surface area contributed by atoms with Crippen molar-refractivity contribution in [2.24, 2.45) is 0 Å². The first-order valence-corrected chi connectivity index (χ1v) is 7.60. The second-order valence-electron chi connectivity index (χ2n) is 5.35. The average molecular weight is 346 g/mol. The second-order valence-corrected chi connectivity index (χ2v) is 5.76. The molecule has 0 bridgehead atoms. The number of carbonyl (C=O) groups is 1. The van der Waals surface area contributed by atoms with Gasteiger partial charge in [-0.25, -0.2) is 9.78 Å². The Labute approximate surface area is 143 Å². The summed E-state index contributed by atoms with van der Waals surface area (Å²) >= 11 is 5.97. The van der Waals surface area contributed by atoms with E-state index in [1.165, 1.54) is 19.2 Å². The van der Waals surface area contributed by atoms with Gasteiger partial charge in [0.25, 0.3) is 0 Å². The summed E-state index contributed by atoms with van der Waals surface area (Å²) in [5.41, 5.74) is 8.82. The molecule has 0 spiro atoms. The quantitative estimate of drug-likeness (QED) is 0.580. The number of pyridine rings is 1. The number of rotatable bonds is 4. The van der Waals surface area contributed by atoms with Crippen LogP contribution >= 0.6 is 11.6 Å². The molecule has 0 aliphatic rings. The van der Waals surface area contributed by atoms with Crippen LogP contribution in [0.25, 0.3) is 5.65 Å². The van der Waals surface area contributed by atoms with E-state index in [1.54, 1.807) is 0 Å². The number of benzene rings is 1. The Balaban J connectivity index is 1.78. The van der Waals surface area contributed by atoms with Crippen LogP contribution in [0.1, 0.15) is 21.6 Å². The van der Waals surface area contributed by atoms with Crippen molar-refractivity contribution in [3.8, 4) is 5.75 Å². The van der Waals surface area contributed by atoms with Crippen LogP contribution in [-0.2, 0) is 11.3 Å². The summed E-state index contributed by atoms with van der Waals surface area (Å²) < 4.78 is 12.4. The van der Waals surface area contributed by atoms with E-state index in [1.807, 2.05) is 35.9 Å². The van der Waals surface area contributed by atoms with Crippen molar-refractivity contribution in [3.63, 3.8) is 0 Å². The van der Waals surface area contributed by atoms with E-state index in [0.29, 0.717) is 17.1 Å². The zero-order valence-corrected chi connectivity index (χ0v) is 14.0. The number of hydrogen-bond donors (Lipinski definition) is 1. The highest BCUT2D eigenvalue weighted by Crippen LogP contribution is 2.29. The third-order valence-electron chi connectivity index (χ3n) is 3.54. The number of aromatic nitrogens is 2. The van der Waals surface area contributed by atoms with Crippen molar-refractivity contribution in [2.75, 3.05) is 12.8 Å². The van der Waals surface area contributed by atoms with E-state index in [0.717, 1.165) is 11.2 Å². The van der Waals surface area contributed by atoms with Crippen LogP contribution in [-0.4, -0.2) is 22.5 Å². The number of fused-ring (bicyclic) bond motifs is 1. The molecule has 0 radical (unpaired) electrons. The molecule has 0 unspecified atom stereocenters. The Bertz CT molecular complexity index is 921. The van der Waals surface area contributed by atoms with Crippen molar-refractivity contribution in [1.29, 1.82) is 0 Å². The molecule has 7 heteroatoms. The van der Waals surface area contributed by atoms with E-state index in [4.69, 9.17) is 26.8 Å². The third-order valence-corrected chi connectivity index (χ3v) is 3.87. The maximum atomic E-state index is 12.3. The molecule has 124 valence electrons. The fourth-order valence-corrected chi connectivity index (χ4v) is 2.50. The molecule has 0 fully saturated rings. The number of esters is 1. The third kappa shape index (κ3) is 3.14. The largest absolute Gasteiger partial charge is 0.496 e. The van der Waals surface area contributed by atoms with E-state index < -0.39 is 5.97 Å². The number of nitrogen functional groups attached to an aromatic ring is 1. The molecule has 0 aliphatic carbocycles. The van der Waals surface area contributed by atoms with E-state index in [9.17, 15) is 4.79 Å². The standard InChI is InChI=1S/C17H16ClN3O3/c1-10-3-4-16-20-11(8-21(16)7-10)9-24-17(22)12-5-13(18)14(19)6-15(12)23-2/h3-8H,9,19H2,1-2H3. The van der Waals surface area contributed by atoms with Crippen LogP contribution in [0.2, 0.25) is 5.02 Å². The number of nitrogens with two attached hydrogens (primary N) is 1. The first kappa shape index (κ1) is 16.1. The number of methoxy groups -OCH3 is 1. The molecular formula is C17H16ClN3O3. The molecule has 3 rings (SSSR count). The molecule has 6 nitrogen and oxygen atoms in total. The van der Waals surface area contributed by atoms with Crippen LogP contribution < -0.4 is 10.5 Å². The fourth-order valence-electron chi connectivity index (χ4n) is 2.34. The summed E-state index contributed by atoms with van der Waals surface area (Å²) in [5.74, 6) is -0.241. The number of halogens is 1. The summed E-state index contributed by atoms with van der Waals surface area (Å²) in [7, 11) is 1.45. The molecular weight excluding hydrogens is 330 g/mol. The van der Waals surface area contributed by atoms with E-state index in [-0.39, 0.29) is 17.2 Å². The minimum atomic E-state index is -0.554. The monoisotopic (exact) mass is 345 g/mol. The van der Waals surface area contributed by atoms with Gasteiger partial charge in [0.05, 0.1) is 23.5 Å². The average Bonchev–Trinajstić information content (AvgIpc) is 2.96. The minimum Gasteiger partial charge on any atom is -0.496 e. The molecule has 1 aromatic carbocycles. The maximum absolute atomic E-state index is 12.3. The number of anilines is 1. The number of carbonyl (C=O) groups excluding carboxylic acids is 1. The second kappa shape index (κ2) is 6.41. The SMILES string of the molecule is COc1cc(N)c(Cl)cc1C(=O)OCc1cn2cc(C)ccc2n1. The summed E-state index contributed by atoms with van der Waals surface area (Å²) in [5, 5.41) is 0.269. The first-order valence-electron chi connectivity index (χ1n) is 7.22. The Morgan fingerprint density at radius 1 is 1.33 bits per heavy atom. The lowest BCUT2D eigenvalue weighted by atomic mass is 10.2. The van der Waals surface area contributed by atoms with Crippen LogP contribution in [0.15, 0.2) is 36.7 Å². The molecule has 3 aromatic rings. The lowest BCUT2D eigenvalue weighted by molar-refractivity contribution is 0.0464. The van der Waals surface area contributed by atoms with E-state index >= 15 is 0 Å². The van der Waals surface area contributed by atoms with Gasteiger partial charge in [0.2, 0.25) is 0 Å². The van der Waals surface area contributed by atoms with Gasteiger partial charge in [-0.3, -0.25) is 0 Å². The van der Waals surface area contributed by atoms with Crippen molar-refractivity contribution in [2.45, 2.75) is 13.5 Å². The van der Waals surface area contributed by atoms with Crippen molar-refractivity contribution >= 4 is 28.9 Å². The van der Waals surface area contributed by atoms with Crippen molar-refractivity contribution in [1.82, 2.24) is 9.38 Å². The number of imidazole rings is 1. The van der Waals surface area contributed by atoms with Crippen LogP contribution in [0.4, 0.5) is 5.69 Å². The molecule has 24 heavy (non-hydrogen) atoms. The molecule has 0 saturated carbocycles. The lowest BCUT2D eigenvalue weighted by Gasteiger charge is -2.10. The number of hydrogen-bond acceptors (Lipinski definition) is 5. The van der Waals surface area contributed by atoms with Gasteiger partial charge in [-0.1, -0.05) is 17.7 Å². The Kier molecular flexibility index (Phi) is 4.31. The highest BCUT2D eigenvalue weighted by Gasteiger charge is 2.17. The fraction of sp³-hybridized carbons (Fsp3) is 0.176. The van der Waals surface area contributed by atoms with Gasteiger partial charge >= 0.3 is 5.97 Å². The number of aryl methyl sites for hydroxylation is 1. The number of ether oxygens (including phenoxy) is 2. The minimum absolute atomic E-state index is 0.0463. The molecule has 0 atom stereocenters. The van der Waals surface area contributed by atoms with Gasteiger partial charge in [-0.15, -0.1) is 0 Å². The normalized spacial score (nSPS) is 10.8. The van der Waals surface area contributed by atoms with Crippen molar-refractivity contribution < 1.29 is 14.3 Å². The Hall–Kier alpha value is -2.73. The summed E-state index contributed by atoms with van der Waals surface area (Å²) in [4.78, 5) is 16.7. The van der Waals surface area contributed by atoms with Gasteiger partial charge in [0.1, 0.15) is 23.6 Å². The van der Waals surface area contributed by atoms with Crippen LogP contribution in [0.3, 0.4) is 0 Å². The zero-order valence-electron chi connectivity index (χ0n) is 13.2. The lowest BCUT2D eigenvalue weighted by Crippen LogP contribution is -2.08. The molecule has 2 N–H and O–H groups in total. The van der Waals surface area contributed by atoms with Gasteiger partial charge < -0.3 is 19.6 Å². The molecule has 0 saturated heterocycles. The summed E-state index contributed by atoms with van der Waals surface area (Å²) in [6, 6.07) is 6.81. The molecule has 2 heterocycles. The smallest absolute Gasteiger partial charge is 0.342 e. The Morgan fingerprint density at radius 3 is 2.88 bits per heavy atom. The van der Waals surface area contributed by atoms with Crippen LogP contribution in [0, 0.1) is 6.92 Å². The molecule has 2 aromatic heterocycles. The predicted molar refractivity (Wildman–Crippen MR) is 91.5 cm³/mol. The predicted octanol–water partition coefficient (Wildman–Crippen LogP) is 3.24. The first-order chi connectivity index (χ1) is 11.5. The topological polar surface area (TPSA) is 78.8 Å². The van der Waals surface area contributed by atoms with Gasteiger partial charge in [0.15, 0.2) is 0 Å².